The Bertz CT molecular complexity index is 506. The van der Waals surface area contributed by atoms with Gasteiger partial charge in [-0.1, -0.05) is 25.5 Å². The third-order valence-corrected chi connectivity index (χ3v) is 3.46. The fourth-order valence-electron chi connectivity index (χ4n) is 2.05. The minimum absolute atomic E-state index is 0. The standard InChI is InChI=1S/C18H30N4O2.HI/c1-4-6-11-20-17(23)16-9-7-15(8-10-16)14-22-18(19-3)21-12-13-24-5-2;/h7-10H,4-6,11-14H2,1-3H3,(H,20,23)(H2,19,21,22);1H. The molecule has 3 N–H and O–H groups in total. The SMILES string of the molecule is CCCCNC(=O)c1ccc(CNC(=NC)NCCOCC)cc1.I. The van der Waals surface area contributed by atoms with E-state index in [1.165, 1.54) is 0 Å². The van der Waals surface area contributed by atoms with E-state index in [1.807, 2.05) is 31.2 Å². The molecule has 142 valence electrons. The van der Waals surface area contributed by atoms with Gasteiger partial charge in [0, 0.05) is 38.9 Å². The molecule has 6 nitrogen and oxygen atoms in total. The van der Waals surface area contributed by atoms with Gasteiger partial charge in [0.1, 0.15) is 0 Å². The number of halogens is 1. The highest BCUT2D eigenvalue weighted by Gasteiger charge is 2.04. The second kappa shape index (κ2) is 14.9. The predicted octanol–water partition coefficient (Wildman–Crippen LogP) is 2.54. The lowest BCUT2D eigenvalue weighted by molar-refractivity contribution is 0.0953. The minimum Gasteiger partial charge on any atom is -0.380 e. The van der Waals surface area contributed by atoms with E-state index in [0.717, 1.165) is 30.9 Å². The van der Waals surface area contributed by atoms with Crippen molar-refractivity contribution in [2.24, 2.45) is 4.99 Å². The van der Waals surface area contributed by atoms with Gasteiger partial charge in [-0.2, -0.15) is 0 Å². The summed E-state index contributed by atoms with van der Waals surface area (Å²) in [5.41, 5.74) is 1.78. The molecule has 1 rings (SSSR count). The number of carbonyl (C=O) groups is 1. The topological polar surface area (TPSA) is 74.8 Å². The van der Waals surface area contributed by atoms with Crippen molar-refractivity contribution < 1.29 is 9.53 Å². The Morgan fingerprint density at radius 2 is 1.80 bits per heavy atom. The van der Waals surface area contributed by atoms with Gasteiger partial charge in [0.15, 0.2) is 5.96 Å². The number of rotatable bonds is 10. The predicted molar refractivity (Wildman–Crippen MR) is 114 cm³/mol. The van der Waals surface area contributed by atoms with Crippen LogP contribution in [0, 0.1) is 0 Å². The lowest BCUT2D eigenvalue weighted by Crippen LogP contribution is -2.38. The molecular formula is C18H31IN4O2. The Hall–Kier alpha value is -1.35. The van der Waals surface area contributed by atoms with E-state index in [-0.39, 0.29) is 29.9 Å². The maximum absolute atomic E-state index is 11.9. The van der Waals surface area contributed by atoms with Crippen molar-refractivity contribution in [3.8, 4) is 0 Å². The number of amides is 1. The van der Waals surface area contributed by atoms with Crippen molar-refractivity contribution in [1.29, 1.82) is 0 Å². The summed E-state index contributed by atoms with van der Waals surface area (Å²) in [5, 5.41) is 9.34. The van der Waals surface area contributed by atoms with Crippen LogP contribution in [0.25, 0.3) is 0 Å². The Kier molecular flexibility index (Phi) is 14.1. The molecule has 0 spiro atoms. The van der Waals surface area contributed by atoms with Gasteiger partial charge >= 0.3 is 0 Å². The zero-order valence-corrected chi connectivity index (χ0v) is 17.8. The summed E-state index contributed by atoms with van der Waals surface area (Å²) in [6.45, 7) is 7.53. The van der Waals surface area contributed by atoms with Crippen LogP contribution in [0.5, 0.6) is 0 Å². The van der Waals surface area contributed by atoms with E-state index in [4.69, 9.17) is 4.74 Å². The highest BCUT2D eigenvalue weighted by atomic mass is 127. The Morgan fingerprint density at radius 1 is 1.08 bits per heavy atom. The van der Waals surface area contributed by atoms with Crippen molar-refractivity contribution in [2.45, 2.75) is 33.2 Å². The molecular weight excluding hydrogens is 431 g/mol. The average molecular weight is 462 g/mol. The number of hydrogen-bond acceptors (Lipinski definition) is 3. The molecule has 0 aromatic heterocycles. The number of carbonyl (C=O) groups excluding carboxylic acids is 1. The smallest absolute Gasteiger partial charge is 0.251 e. The summed E-state index contributed by atoms with van der Waals surface area (Å²) in [5.74, 6) is 0.715. The first kappa shape index (κ1) is 23.6. The summed E-state index contributed by atoms with van der Waals surface area (Å²) in [7, 11) is 1.74. The molecule has 0 unspecified atom stereocenters. The van der Waals surface area contributed by atoms with Crippen molar-refractivity contribution >= 4 is 35.8 Å². The molecule has 0 atom stereocenters. The van der Waals surface area contributed by atoms with Crippen molar-refractivity contribution in [3.63, 3.8) is 0 Å². The lowest BCUT2D eigenvalue weighted by Gasteiger charge is -2.12. The molecule has 0 aliphatic heterocycles. The molecule has 0 bridgehead atoms. The van der Waals surface area contributed by atoms with E-state index < -0.39 is 0 Å². The van der Waals surface area contributed by atoms with Gasteiger partial charge in [-0.05, 0) is 31.0 Å². The average Bonchev–Trinajstić information content (AvgIpc) is 2.61. The number of hydrogen-bond donors (Lipinski definition) is 3. The first-order valence-corrected chi connectivity index (χ1v) is 8.60. The molecule has 0 radical (unpaired) electrons. The van der Waals surface area contributed by atoms with Gasteiger partial charge in [-0.15, -0.1) is 24.0 Å². The van der Waals surface area contributed by atoms with Crippen LogP contribution in [-0.4, -0.2) is 45.2 Å². The van der Waals surface area contributed by atoms with Crippen LogP contribution >= 0.6 is 24.0 Å². The molecule has 0 aliphatic rings. The van der Waals surface area contributed by atoms with Gasteiger partial charge < -0.3 is 20.7 Å². The molecule has 0 saturated carbocycles. The zero-order chi connectivity index (χ0) is 17.6. The Morgan fingerprint density at radius 3 is 2.40 bits per heavy atom. The van der Waals surface area contributed by atoms with E-state index in [9.17, 15) is 4.79 Å². The summed E-state index contributed by atoms with van der Waals surface area (Å²) in [6, 6.07) is 7.61. The second-order valence-corrected chi connectivity index (χ2v) is 5.36. The van der Waals surface area contributed by atoms with Crippen molar-refractivity contribution in [2.75, 3.05) is 33.4 Å². The third-order valence-electron chi connectivity index (χ3n) is 3.46. The highest BCUT2D eigenvalue weighted by molar-refractivity contribution is 14.0. The molecule has 0 aliphatic carbocycles. The maximum atomic E-state index is 11.9. The van der Waals surface area contributed by atoms with Crippen LogP contribution in [0.2, 0.25) is 0 Å². The first-order chi connectivity index (χ1) is 11.7. The summed E-state index contributed by atoms with van der Waals surface area (Å²) in [6.07, 6.45) is 2.08. The van der Waals surface area contributed by atoms with E-state index >= 15 is 0 Å². The number of nitrogens with one attached hydrogen (secondary N) is 3. The van der Waals surface area contributed by atoms with Gasteiger partial charge in [0.05, 0.1) is 6.61 Å². The largest absolute Gasteiger partial charge is 0.380 e. The number of benzene rings is 1. The minimum atomic E-state index is -0.0173. The maximum Gasteiger partial charge on any atom is 0.251 e. The number of unbranched alkanes of at least 4 members (excludes halogenated alkanes) is 1. The summed E-state index contributed by atoms with van der Waals surface area (Å²) >= 11 is 0. The number of nitrogens with zero attached hydrogens (tertiary/aromatic N) is 1. The molecule has 25 heavy (non-hydrogen) atoms. The number of aliphatic imine (C=N–C) groups is 1. The normalized spacial score (nSPS) is 10.8. The van der Waals surface area contributed by atoms with E-state index in [2.05, 4.69) is 27.9 Å². The molecule has 1 aromatic carbocycles. The Labute approximate surface area is 168 Å². The van der Waals surface area contributed by atoms with Gasteiger partial charge in [0.2, 0.25) is 0 Å². The molecule has 1 aromatic rings. The van der Waals surface area contributed by atoms with Crippen LogP contribution in [-0.2, 0) is 11.3 Å². The molecule has 7 heteroatoms. The molecule has 0 saturated heterocycles. The van der Waals surface area contributed by atoms with Crippen molar-refractivity contribution in [3.05, 3.63) is 35.4 Å². The van der Waals surface area contributed by atoms with Crippen LogP contribution in [0.4, 0.5) is 0 Å². The number of guanidine groups is 1. The summed E-state index contributed by atoms with van der Waals surface area (Å²) in [4.78, 5) is 16.1. The van der Waals surface area contributed by atoms with Crippen LogP contribution < -0.4 is 16.0 Å². The molecule has 0 fully saturated rings. The zero-order valence-electron chi connectivity index (χ0n) is 15.4. The van der Waals surface area contributed by atoms with E-state index in [0.29, 0.717) is 31.9 Å². The van der Waals surface area contributed by atoms with Gasteiger partial charge in [-0.3, -0.25) is 9.79 Å². The second-order valence-electron chi connectivity index (χ2n) is 5.36. The first-order valence-electron chi connectivity index (χ1n) is 8.60. The molecule has 0 heterocycles. The molecule has 1 amide bonds. The van der Waals surface area contributed by atoms with Gasteiger partial charge in [0.25, 0.3) is 5.91 Å². The third kappa shape index (κ3) is 10.3. The lowest BCUT2D eigenvalue weighted by atomic mass is 10.1. The Balaban J connectivity index is 0.00000576. The van der Waals surface area contributed by atoms with Crippen LogP contribution in [0.3, 0.4) is 0 Å². The van der Waals surface area contributed by atoms with Gasteiger partial charge in [-0.25, -0.2) is 0 Å². The fourth-order valence-corrected chi connectivity index (χ4v) is 2.05. The van der Waals surface area contributed by atoms with E-state index in [1.54, 1.807) is 7.05 Å². The fraction of sp³-hybridized carbons (Fsp3) is 0.556. The monoisotopic (exact) mass is 462 g/mol. The summed E-state index contributed by atoms with van der Waals surface area (Å²) < 4.78 is 5.28. The highest BCUT2D eigenvalue weighted by Crippen LogP contribution is 2.04. The van der Waals surface area contributed by atoms with Crippen LogP contribution in [0.15, 0.2) is 29.3 Å². The van der Waals surface area contributed by atoms with Crippen molar-refractivity contribution in [1.82, 2.24) is 16.0 Å². The van der Waals surface area contributed by atoms with Crippen LogP contribution in [0.1, 0.15) is 42.6 Å². The quantitative estimate of drug-likeness (QED) is 0.216. The number of ether oxygens (including phenoxy) is 1.